The minimum Gasteiger partial charge on any atom is -0.314 e. The standard InChI is InChI=1S/C9H19N5/c1-4-6-10-8(5-2)7-9-11-13-14(3)12-9/h8,10H,4-7H2,1-3H3. The molecule has 0 aliphatic heterocycles. The molecule has 0 radical (unpaired) electrons. The molecule has 0 spiro atoms. The highest BCUT2D eigenvalue weighted by Crippen LogP contribution is 1.99. The van der Waals surface area contributed by atoms with Crippen molar-refractivity contribution in [3.8, 4) is 0 Å². The van der Waals surface area contributed by atoms with Gasteiger partial charge in [-0.15, -0.1) is 10.2 Å². The van der Waals surface area contributed by atoms with E-state index in [0.29, 0.717) is 6.04 Å². The van der Waals surface area contributed by atoms with Crippen molar-refractivity contribution >= 4 is 0 Å². The third-order valence-corrected chi connectivity index (χ3v) is 2.15. The molecule has 0 saturated carbocycles. The lowest BCUT2D eigenvalue weighted by molar-refractivity contribution is 0.484. The van der Waals surface area contributed by atoms with Crippen molar-refractivity contribution in [2.75, 3.05) is 6.54 Å². The molecule has 1 heterocycles. The quantitative estimate of drug-likeness (QED) is 0.723. The smallest absolute Gasteiger partial charge is 0.176 e. The fraction of sp³-hybridized carbons (Fsp3) is 0.889. The van der Waals surface area contributed by atoms with Crippen LogP contribution in [0.2, 0.25) is 0 Å². The first-order chi connectivity index (χ1) is 6.76. The van der Waals surface area contributed by atoms with Gasteiger partial charge >= 0.3 is 0 Å². The predicted octanol–water partition coefficient (Wildman–Crippen LogP) is 0.531. The van der Waals surface area contributed by atoms with Crippen molar-refractivity contribution in [1.82, 2.24) is 25.5 Å². The van der Waals surface area contributed by atoms with Gasteiger partial charge in [-0.05, 0) is 24.6 Å². The summed E-state index contributed by atoms with van der Waals surface area (Å²) in [5.41, 5.74) is 0. The van der Waals surface area contributed by atoms with Crippen LogP contribution in [0.25, 0.3) is 0 Å². The molecule has 1 rings (SSSR count). The van der Waals surface area contributed by atoms with Crippen LogP contribution < -0.4 is 5.32 Å². The molecule has 0 saturated heterocycles. The average Bonchev–Trinajstić information content (AvgIpc) is 2.58. The van der Waals surface area contributed by atoms with E-state index in [1.165, 1.54) is 4.80 Å². The monoisotopic (exact) mass is 197 g/mol. The number of hydrogen-bond acceptors (Lipinski definition) is 4. The molecular weight excluding hydrogens is 178 g/mol. The molecule has 0 bridgehead atoms. The Balaban J connectivity index is 2.40. The molecule has 1 atom stereocenters. The Kier molecular flexibility index (Phi) is 4.52. The summed E-state index contributed by atoms with van der Waals surface area (Å²) in [6.45, 7) is 5.39. The minimum absolute atomic E-state index is 0.471. The van der Waals surface area contributed by atoms with E-state index in [-0.39, 0.29) is 0 Å². The zero-order chi connectivity index (χ0) is 10.4. The maximum Gasteiger partial charge on any atom is 0.176 e. The highest BCUT2D eigenvalue weighted by atomic mass is 15.6. The van der Waals surface area contributed by atoms with Gasteiger partial charge in [0.1, 0.15) is 0 Å². The van der Waals surface area contributed by atoms with Crippen molar-refractivity contribution in [1.29, 1.82) is 0 Å². The van der Waals surface area contributed by atoms with Gasteiger partial charge < -0.3 is 5.32 Å². The molecular formula is C9H19N5. The molecule has 80 valence electrons. The van der Waals surface area contributed by atoms with E-state index in [1.807, 2.05) is 0 Å². The van der Waals surface area contributed by atoms with Crippen LogP contribution in [0.4, 0.5) is 0 Å². The summed E-state index contributed by atoms with van der Waals surface area (Å²) in [6.07, 6.45) is 3.12. The van der Waals surface area contributed by atoms with Gasteiger partial charge in [-0.1, -0.05) is 13.8 Å². The minimum atomic E-state index is 0.471. The summed E-state index contributed by atoms with van der Waals surface area (Å²) in [6, 6.07) is 0.471. The summed E-state index contributed by atoms with van der Waals surface area (Å²) in [5, 5.41) is 15.4. The number of tetrazole rings is 1. The molecule has 0 aliphatic carbocycles. The summed E-state index contributed by atoms with van der Waals surface area (Å²) in [4.78, 5) is 1.50. The number of rotatable bonds is 6. The van der Waals surface area contributed by atoms with Crippen LogP contribution in [0, 0.1) is 0 Å². The van der Waals surface area contributed by atoms with Crippen molar-refractivity contribution < 1.29 is 0 Å². The first-order valence-corrected chi connectivity index (χ1v) is 5.22. The van der Waals surface area contributed by atoms with Gasteiger partial charge in [0.25, 0.3) is 0 Å². The molecule has 0 amide bonds. The van der Waals surface area contributed by atoms with E-state index in [0.717, 1.165) is 31.6 Å². The van der Waals surface area contributed by atoms with Gasteiger partial charge in [0.2, 0.25) is 0 Å². The van der Waals surface area contributed by atoms with Crippen LogP contribution in [0.3, 0.4) is 0 Å². The molecule has 0 aromatic carbocycles. The molecule has 1 aromatic heterocycles. The first-order valence-electron chi connectivity index (χ1n) is 5.22. The Morgan fingerprint density at radius 2 is 2.21 bits per heavy atom. The molecule has 1 N–H and O–H groups in total. The number of nitrogens with zero attached hydrogens (tertiary/aromatic N) is 4. The number of aryl methyl sites for hydroxylation is 1. The second-order valence-corrected chi connectivity index (χ2v) is 3.46. The Labute approximate surface area is 84.9 Å². The highest BCUT2D eigenvalue weighted by Gasteiger charge is 2.09. The van der Waals surface area contributed by atoms with Gasteiger partial charge in [0.05, 0.1) is 7.05 Å². The molecule has 1 unspecified atom stereocenters. The zero-order valence-corrected chi connectivity index (χ0v) is 9.19. The SMILES string of the molecule is CCCNC(CC)Cc1nnn(C)n1. The molecule has 1 aromatic rings. The van der Waals surface area contributed by atoms with Crippen LogP contribution in [-0.2, 0) is 13.5 Å². The Hall–Kier alpha value is -0.970. The molecule has 5 heteroatoms. The van der Waals surface area contributed by atoms with E-state index in [9.17, 15) is 0 Å². The lowest BCUT2D eigenvalue weighted by Crippen LogP contribution is -2.31. The summed E-state index contributed by atoms with van der Waals surface area (Å²) in [5.74, 6) is 0.822. The first kappa shape index (κ1) is 11.1. The van der Waals surface area contributed by atoms with E-state index >= 15 is 0 Å². The van der Waals surface area contributed by atoms with Crippen LogP contribution in [-0.4, -0.2) is 32.8 Å². The van der Waals surface area contributed by atoms with E-state index < -0.39 is 0 Å². The zero-order valence-electron chi connectivity index (χ0n) is 9.19. The van der Waals surface area contributed by atoms with Crippen LogP contribution in [0.15, 0.2) is 0 Å². The predicted molar refractivity (Wildman–Crippen MR) is 54.9 cm³/mol. The van der Waals surface area contributed by atoms with Gasteiger partial charge in [-0.3, -0.25) is 0 Å². The van der Waals surface area contributed by atoms with Crippen LogP contribution >= 0.6 is 0 Å². The molecule has 14 heavy (non-hydrogen) atoms. The molecule has 5 nitrogen and oxygen atoms in total. The highest BCUT2D eigenvalue weighted by molar-refractivity contribution is 4.83. The van der Waals surface area contributed by atoms with Gasteiger partial charge in [-0.25, -0.2) is 0 Å². The van der Waals surface area contributed by atoms with Crippen molar-refractivity contribution in [3.63, 3.8) is 0 Å². The second kappa shape index (κ2) is 5.70. The Morgan fingerprint density at radius 1 is 1.43 bits per heavy atom. The van der Waals surface area contributed by atoms with Crippen LogP contribution in [0.1, 0.15) is 32.5 Å². The molecule has 0 aliphatic rings. The van der Waals surface area contributed by atoms with E-state index in [4.69, 9.17) is 0 Å². The average molecular weight is 197 g/mol. The third-order valence-electron chi connectivity index (χ3n) is 2.15. The third kappa shape index (κ3) is 3.41. The van der Waals surface area contributed by atoms with Crippen molar-refractivity contribution in [3.05, 3.63) is 5.82 Å². The maximum atomic E-state index is 4.16. The van der Waals surface area contributed by atoms with E-state index in [2.05, 4.69) is 34.6 Å². The van der Waals surface area contributed by atoms with Crippen molar-refractivity contribution in [2.45, 2.75) is 39.2 Å². The van der Waals surface area contributed by atoms with E-state index in [1.54, 1.807) is 7.05 Å². The summed E-state index contributed by atoms with van der Waals surface area (Å²) >= 11 is 0. The Bertz CT molecular complexity index is 257. The summed E-state index contributed by atoms with van der Waals surface area (Å²) < 4.78 is 0. The second-order valence-electron chi connectivity index (χ2n) is 3.46. The molecule has 0 fully saturated rings. The number of hydrogen-bond donors (Lipinski definition) is 1. The fourth-order valence-electron chi connectivity index (χ4n) is 1.33. The van der Waals surface area contributed by atoms with Gasteiger partial charge in [0, 0.05) is 12.5 Å². The van der Waals surface area contributed by atoms with Gasteiger partial charge in [0.15, 0.2) is 5.82 Å². The lowest BCUT2D eigenvalue weighted by Gasteiger charge is -2.13. The number of aromatic nitrogens is 4. The maximum absolute atomic E-state index is 4.16. The van der Waals surface area contributed by atoms with Crippen molar-refractivity contribution in [2.24, 2.45) is 7.05 Å². The Morgan fingerprint density at radius 3 is 2.71 bits per heavy atom. The topological polar surface area (TPSA) is 55.6 Å². The fourth-order valence-corrected chi connectivity index (χ4v) is 1.33. The normalized spacial score (nSPS) is 13.1. The summed E-state index contributed by atoms with van der Waals surface area (Å²) in [7, 11) is 1.79. The van der Waals surface area contributed by atoms with Gasteiger partial charge in [-0.2, -0.15) is 4.80 Å². The lowest BCUT2D eigenvalue weighted by atomic mass is 10.1. The van der Waals surface area contributed by atoms with Crippen LogP contribution in [0.5, 0.6) is 0 Å². The largest absolute Gasteiger partial charge is 0.314 e. The number of nitrogens with one attached hydrogen (secondary N) is 1.